The van der Waals surface area contributed by atoms with Crippen LogP contribution in [0.2, 0.25) is 0 Å². The van der Waals surface area contributed by atoms with Gasteiger partial charge in [-0.25, -0.2) is 0 Å². The Hall–Kier alpha value is -2.27. The van der Waals surface area contributed by atoms with Gasteiger partial charge in [-0.15, -0.1) is 0 Å². The number of aromatic nitrogens is 1. The van der Waals surface area contributed by atoms with E-state index >= 15 is 0 Å². The first kappa shape index (κ1) is 15.1. The van der Waals surface area contributed by atoms with E-state index in [2.05, 4.69) is 10.3 Å². The molecule has 0 aliphatic carbocycles. The molecule has 112 valence electrons. The number of para-hydroxylation sites is 1. The van der Waals surface area contributed by atoms with Crippen molar-refractivity contribution in [1.82, 2.24) is 10.3 Å². The third-order valence-corrected chi connectivity index (χ3v) is 2.96. The van der Waals surface area contributed by atoms with Crippen LogP contribution < -0.4 is 19.5 Å². The lowest BCUT2D eigenvalue weighted by Crippen LogP contribution is -2.20. The minimum absolute atomic E-state index is 0.525. The first-order valence-electron chi connectivity index (χ1n) is 6.78. The van der Waals surface area contributed by atoms with Crippen molar-refractivity contribution in [2.24, 2.45) is 0 Å². The summed E-state index contributed by atoms with van der Waals surface area (Å²) < 4.78 is 16.3. The molecule has 5 nitrogen and oxygen atoms in total. The first-order chi connectivity index (χ1) is 10.3. The van der Waals surface area contributed by atoms with Crippen molar-refractivity contribution in [3.63, 3.8) is 0 Å². The maximum atomic E-state index is 5.76. The van der Waals surface area contributed by atoms with E-state index in [0.29, 0.717) is 23.9 Å². The molecule has 1 aromatic heterocycles. The lowest BCUT2D eigenvalue weighted by Gasteiger charge is -2.14. The van der Waals surface area contributed by atoms with Gasteiger partial charge >= 0.3 is 0 Å². The van der Waals surface area contributed by atoms with Crippen molar-refractivity contribution < 1.29 is 14.2 Å². The van der Waals surface area contributed by atoms with E-state index in [0.717, 1.165) is 18.7 Å². The average molecular weight is 288 g/mol. The van der Waals surface area contributed by atoms with Crippen LogP contribution in [-0.4, -0.2) is 32.4 Å². The highest BCUT2D eigenvalue weighted by Gasteiger charge is 2.10. The zero-order valence-electron chi connectivity index (χ0n) is 12.3. The molecule has 0 bridgehead atoms. The van der Waals surface area contributed by atoms with Crippen LogP contribution in [0.15, 0.2) is 42.7 Å². The van der Waals surface area contributed by atoms with Crippen molar-refractivity contribution in [2.45, 2.75) is 6.54 Å². The van der Waals surface area contributed by atoms with E-state index in [9.17, 15) is 0 Å². The Kier molecular flexibility index (Phi) is 5.84. The summed E-state index contributed by atoms with van der Waals surface area (Å²) in [5.74, 6) is 1.97. The quantitative estimate of drug-likeness (QED) is 0.755. The Bertz CT molecular complexity index is 524. The number of benzene rings is 1. The van der Waals surface area contributed by atoms with Crippen molar-refractivity contribution in [3.8, 4) is 17.2 Å². The van der Waals surface area contributed by atoms with Crippen LogP contribution in [-0.2, 0) is 6.54 Å². The number of hydrogen-bond acceptors (Lipinski definition) is 5. The molecule has 0 unspecified atom stereocenters. The van der Waals surface area contributed by atoms with Crippen LogP contribution in [0, 0.1) is 0 Å². The Morgan fingerprint density at radius 3 is 2.43 bits per heavy atom. The molecule has 1 aromatic carbocycles. The number of nitrogens with one attached hydrogen (secondary N) is 1. The molecule has 2 rings (SSSR count). The molecule has 0 amide bonds. The fourth-order valence-electron chi connectivity index (χ4n) is 1.92. The number of rotatable bonds is 8. The molecule has 0 aliphatic rings. The monoisotopic (exact) mass is 288 g/mol. The number of hydrogen-bond donors (Lipinski definition) is 1. The first-order valence-corrected chi connectivity index (χ1v) is 6.78. The van der Waals surface area contributed by atoms with Crippen LogP contribution in [0.5, 0.6) is 17.2 Å². The van der Waals surface area contributed by atoms with Crippen molar-refractivity contribution in [2.75, 3.05) is 27.4 Å². The average Bonchev–Trinajstić information content (AvgIpc) is 2.55. The van der Waals surface area contributed by atoms with Crippen molar-refractivity contribution in [3.05, 3.63) is 48.3 Å². The molecule has 0 saturated carbocycles. The molecule has 1 heterocycles. The normalized spacial score (nSPS) is 10.2. The Morgan fingerprint density at radius 2 is 1.81 bits per heavy atom. The van der Waals surface area contributed by atoms with Crippen LogP contribution in [0.1, 0.15) is 5.56 Å². The molecular formula is C16H20N2O3. The lowest BCUT2D eigenvalue weighted by molar-refractivity contribution is 0.273. The van der Waals surface area contributed by atoms with Crippen LogP contribution in [0.3, 0.4) is 0 Å². The Labute approximate surface area is 124 Å². The largest absolute Gasteiger partial charge is 0.493 e. The zero-order chi connectivity index (χ0) is 14.9. The van der Waals surface area contributed by atoms with E-state index in [1.807, 2.05) is 36.5 Å². The summed E-state index contributed by atoms with van der Waals surface area (Å²) in [7, 11) is 3.23. The summed E-state index contributed by atoms with van der Waals surface area (Å²) in [4.78, 5) is 4.07. The topological polar surface area (TPSA) is 52.6 Å². The SMILES string of the molecule is COc1cccc(OC)c1OCCNCc1cccnc1. The number of ether oxygens (including phenoxy) is 3. The molecule has 1 N–H and O–H groups in total. The van der Waals surface area contributed by atoms with Crippen molar-refractivity contribution >= 4 is 0 Å². The highest BCUT2D eigenvalue weighted by Crippen LogP contribution is 2.36. The van der Waals surface area contributed by atoms with Gasteiger partial charge in [-0.05, 0) is 23.8 Å². The second kappa shape index (κ2) is 8.11. The summed E-state index contributed by atoms with van der Waals surface area (Å²) in [6.45, 7) is 2.01. The number of pyridine rings is 1. The van der Waals surface area contributed by atoms with Gasteiger partial charge in [-0.3, -0.25) is 4.98 Å². The van der Waals surface area contributed by atoms with Crippen LogP contribution in [0.25, 0.3) is 0 Å². The summed E-state index contributed by atoms with van der Waals surface area (Å²) in [5, 5.41) is 3.30. The highest BCUT2D eigenvalue weighted by atomic mass is 16.5. The lowest BCUT2D eigenvalue weighted by atomic mass is 10.3. The van der Waals surface area contributed by atoms with E-state index < -0.39 is 0 Å². The van der Waals surface area contributed by atoms with Gasteiger partial charge in [0.25, 0.3) is 0 Å². The molecule has 0 radical (unpaired) electrons. The second-order valence-electron chi connectivity index (χ2n) is 4.38. The summed E-state index contributed by atoms with van der Waals surface area (Å²) in [6.07, 6.45) is 3.61. The molecule has 0 spiro atoms. The van der Waals surface area contributed by atoms with E-state index in [4.69, 9.17) is 14.2 Å². The Morgan fingerprint density at radius 1 is 1.05 bits per heavy atom. The van der Waals surface area contributed by atoms with Gasteiger partial charge in [-0.1, -0.05) is 12.1 Å². The zero-order valence-corrected chi connectivity index (χ0v) is 12.3. The molecule has 0 saturated heterocycles. The maximum Gasteiger partial charge on any atom is 0.203 e. The summed E-state index contributed by atoms with van der Waals surface area (Å²) in [6, 6.07) is 9.52. The number of methoxy groups -OCH3 is 2. The summed E-state index contributed by atoms with van der Waals surface area (Å²) in [5.41, 5.74) is 1.15. The van der Waals surface area contributed by atoms with Gasteiger partial charge in [0.05, 0.1) is 14.2 Å². The van der Waals surface area contributed by atoms with Gasteiger partial charge in [0.1, 0.15) is 6.61 Å². The smallest absolute Gasteiger partial charge is 0.203 e. The minimum atomic E-state index is 0.525. The highest BCUT2D eigenvalue weighted by molar-refractivity contribution is 5.51. The molecule has 0 atom stereocenters. The van der Waals surface area contributed by atoms with E-state index in [1.54, 1.807) is 20.4 Å². The predicted octanol–water partition coefficient (Wildman–Crippen LogP) is 2.27. The van der Waals surface area contributed by atoms with Crippen LogP contribution in [0.4, 0.5) is 0 Å². The standard InChI is InChI=1S/C16H20N2O3/c1-19-14-6-3-7-15(20-2)16(14)21-10-9-18-12-13-5-4-8-17-11-13/h3-8,11,18H,9-10,12H2,1-2H3. The predicted molar refractivity (Wildman–Crippen MR) is 81.0 cm³/mol. The van der Waals surface area contributed by atoms with Gasteiger partial charge in [0, 0.05) is 25.5 Å². The maximum absolute atomic E-state index is 5.76. The molecule has 2 aromatic rings. The van der Waals surface area contributed by atoms with Gasteiger partial charge in [0.15, 0.2) is 11.5 Å². The molecule has 0 aliphatic heterocycles. The molecule has 5 heteroatoms. The van der Waals surface area contributed by atoms with Gasteiger partial charge in [0.2, 0.25) is 5.75 Å². The fraction of sp³-hybridized carbons (Fsp3) is 0.312. The Balaban J connectivity index is 1.81. The van der Waals surface area contributed by atoms with Crippen LogP contribution >= 0.6 is 0 Å². The molecular weight excluding hydrogens is 268 g/mol. The second-order valence-corrected chi connectivity index (χ2v) is 4.38. The number of nitrogens with zero attached hydrogens (tertiary/aromatic N) is 1. The molecule has 21 heavy (non-hydrogen) atoms. The fourth-order valence-corrected chi connectivity index (χ4v) is 1.92. The third-order valence-electron chi connectivity index (χ3n) is 2.96. The summed E-state index contributed by atoms with van der Waals surface area (Å²) >= 11 is 0. The molecule has 0 fully saturated rings. The van der Waals surface area contributed by atoms with Crippen molar-refractivity contribution in [1.29, 1.82) is 0 Å². The van der Waals surface area contributed by atoms with Gasteiger partial charge in [-0.2, -0.15) is 0 Å². The van der Waals surface area contributed by atoms with Gasteiger partial charge < -0.3 is 19.5 Å². The van der Waals surface area contributed by atoms with E-state index in [-0.39, 0.29) is 0 Å². The third kappa shape index (κ3) is 4.36. The minimum Gasteiger partial charge on any atom is -0.493 e. The van der Waals surface area contributed by atoms with E-state index in [1.165, 1.54) is 0 Å².